The third-order valence-corrected chi connectivity index (χ3v) is 9.31. The number of hydrogen-bond acceptors (Lipinski definition) is 5. The number of fused-ring (bicyclic) bond motifs is 1. The van der Waals surface area contributed by atoms with Gasteiger partial charge in [-0.25, -0.2) is 9.37 Å². The van der Waals surface area contributed by atoms with Gasteiger partial charge >= 0.3 is 5.97 Å². The lowest BCUT2D eigenvalue weighted by Gasteiger charge is -2.30. The average Bonchev–Trinajstić information content (AvgIpc) is 3.67. The monoisotopic (exact) mass is 578 g/mol. The number of nitrogens with zero attached hydrogens (tertiary/aromatic N) is 2. The van der Waals surface area contributed by atoms with E-state index in [-0.39, 0.29) is 11.7 Å². The van der Waals surface area contributed by atoms with Gasteiger partial charge in [0.25, 0.3) is 0 Å². The first-order valence-electron chi connectivity index (χ1n) is 14.6. The maximum absolute atomic E-state index is 16.6. The second-order valence-electron chi connectivity index (χ2n) is 11.7. The molecule has 3 atom stereocenters. The quantitative estimate of drug-likeness (QED) is 0.285. The van der Waals surface area contributed by atoms with Crippen molar-refractivity contribution in [1.29, 1.82) is 0 Å². The smallest absolute Gasteiger partial charge is 0.306 e. The van der Waals surface area contributed by atoms with Crippen LogP contribution in [0.4, 0.5) is 4.39 Å². The zero-order valence-corrected chi connectivity index (χ0v) is 24.3. The molecule has 0 radical (unpaired) electrons. The predicted molar refractivity (Wildman–Crippen MR) is 156 cm³/mol. The number of benzene rings is 2. The predicted octanol–water partition coefficient (Wildman–Crippen LogP) is 7.43. The summed E-state index contributed by atoms with van der Waals surface area (Å²) in [6.07, 6.45) is 6.83. The lowest BCUT2D eigenvalue weighted by atomic mass is 9.82. The molecule has 8 heteroatoms. The second kappa shape index (κ2) is 11.6. The molecular formula is C33H36ClFN2O4. The molecule has 2 fully saturated rings. The van der Waals surface area contributed by atoms with Crippen molar-refractivity contribution >= 4 is 17.6 Å². The Morgan fingerprint density at radius 3 is 2.66 bits per heavy atom. The van der Waals surface area contributed by atoms with E-state index in [2.05, 4.69) is 22.0 Å². The van der Waals surface area contributed by atoms with E-state index in [1.807, 2.05) is 18.2 Å². The summed E-state index contributed by atoms with van der Waals surface area (Å²) in [5.41, 5.74) is 4.63. The summed E-state index contributed by atoms with van der Waals surface area (Å²) < 4.78 is 28.4. The van der Waals surface area contributed by atoms with Crippen LogP contribution in [0.3, 0.4) is 0 Å². The van der Waals surface area contributed by atoms with Gasteiger partial charge in [0.15, 0.2) is 0 Å². The van der Waals surface area contributed by atoms with Crippen LogP contribution in [0.15, 0.2) is 42.6 Å². The van der Waals surface area contributed by atoms with Crippen LogP contribution >= 0.6 is 11.6 Å². The van der Waals surface area contributed by atoms with E-state index in [0.29, 0.717) is 46.5 Å². The van der Waals surface area contributed by atoms with E-state index in [9.17, 15) is 9.90 Å². The Labute approximate surface area is 245 Å². The molecule has 6 rings (SSSR count). The Balaban J connectivity index is 1.35. The van der Waals surface area contributed by atoms with Gasteiger partial charge in [0.2, 0.25) is 5.88 Å². The minimum absolute atomic E-state index is 0.0491. The first-order valence-corrected chi connectivity index (χ1v) is 15.0. The third kappa shape index (κ3) is 5.67. The molecule has 3 aliphatic rings. The van der Waals surface area contributed by atoms with Gasteiger partial charge < -0.3 is 14.6 Å². The highest BCUT2D eigenvalue weighted by Gasteiger charge is 2.39. The fourth-order valence-corrected chi connectivity index (χ4v) is 6.79. The van der Waals surface area contributed by atoms with Crippen LogP contribution in [-0.4, -0.2) is 41.2 Å². The fraction of sp³-hybridized carbons (Fsp3) is 0.455. The molecule has 1 saturated carbocycles. The number of carbonyl (C=O) groups is 1. The first kappa shape index (κ1) is 28.0. The van der Waals surface area contributed by atoms with Gasteiger partial charge in [0.1, 0.15) is 17.7 Å². The van der Waals surface area contributed by atoms with Gasteiger partial charge in [-0.2, -0.15) is 0 Å². The normalized spacial score (nSPS) is 20.2. The molecule has 3 aromatic rings. The van der Waals surface area contributed by atoms with Gasteiger partial charge in [-0.05, 0) is 86.2 Å². The van der Waals surface area contributed by atoms with Crippen LogP contribution in [0.25, 0.3) is 11.1 Å². The number of rotatable bonds is 9. The lowest BCUT2D eigenvalue weighted by Crippen LogP contribution is -2.23. The number of aliphatic carboxylic acids is 1. The minimum Gasteiger partial charge on any atom is -0.485 e. The van der Waals surface area contributed by atoms with Crippen LogP contribution < -0.4 is 9.47 Å². The highest BCUT2D eigenvalue weighted by Crippen LogP contribution is 2.48. The zero-order valence-electron chi connectivity index (χ0n) is 23.5. The van der Waals surface area contributed by atoms with E-state index < -0.39 is 18.0 Å². The van der Waals surface area contributed by atoms with E-state index in [0.717, 1.165) is 67.6 Å². The van der Waals surface area contributed by atoms with Gasteiger partial charge in [-0.3, -0.25) is 9.69 Å². The standard InChI is InChI=1S/C33H36ClFN2O4/c1-19(33(38)39)31(21-6-7-21)22-8-5-20-9-12-28(41-29(20)15-22)24-11-10-23(25-16-30(40-2)36-17-27(25)34)26(32(24)35)18-37-13-3-4-14-37/h5,8,10-11,15-17,19,21,28,31H,3-4,6-7,9,12-14,18H2,1-2H3,(H,38,39)/t19-,28?,31?/m0/s1. The number of halogens is 2. The van der Waals surface area contributed by atoms with Crippen molar-refractivity contribution in [3.05, 3.63) is 75.7 Å². The largest absolute Gasteiger partial charge is 0.485 e. The third-order valence-electron chi connectivity index (χ3n) is 9.01. The summed E-state index contributed by atoms with van der Waals surface area (Å²) in [6.45, 7) is 4.14. The molecular weight excluding hydrogens is 543 g/mol. The number of carboxylic acid groups (broad SMARTS) is 1. The molecule has 1 aromatic heterocycles. The van der Waals surface area contributed by atoms with Gasteiger partial charge in [0.05, 0.1) is 24.2 Å². The van der Waals surface area contributed by atoms with Crippen LogP contribution in [0.5, 0.6) is 11.6 Å². The number of likely N-dealkylation sites (tertiary alicyclic amines) is 1. The Kier molecular flexibility index (Phi) is 7.92. The SMILES string of the molecule is COc1cc(-c2ccc(C3CCc4ccc(C(C5CC5)[C@H](C)C(=O)O)cc4O3)c(F)c2CN2CCCC2)c(Cl)cn1. The molecule has 0 amide bonds. The van der Waals surface area contributed by atoms with Crippen molar-refractivity contribution in [3.63, 3.8) is 0 Å². The average molecular weight is 579 g/mol. The number of ether oxygens (including phenoxy) is 2. The highest BCUT2D eigenvalue weighted by molar-refractivity contribution is 6.33. The Morgan fingerprint density at radius 2 is 1.95 bits per heavy atom. The maximum atomic E-state index is 16.6. The van der Waals surface area contributed by atoms with Crippen molar-refractivity contribution in [1.82, 2.24) is 9.88 Å². The van der Waals surface area contributed by atoms with Crippen molar-refractivity contribution in [3.8, 4) is 22.8 Å². The Hall–Kier alpha value is -3.16. The molecule has 6 nitrogen and oxygen atoms in total. The highest BCUT2D eigenvalue weighted by atomic mass is 35.5. The number of methoxy groups -OCH3 is 1. The molecule has 2 aromatic carbocycles. The molecule has 2 aliphatic heterocycles. The van der Waals surface area contributed by atoms with Crippen LogP contribution in [0.2, 0.25) is 5.02 Å². The van der Waals surface area contributed by atoms with Gasteiger partial charge in [-0.1, -0.05) is 42.8 Å². The van der Waals surface area contributed by atoms with Crippen LogP contribution in [0, 0.1) is 17.7 Å². The summed E-state index contributed by atoms with van der Waals surface area (Å²) in [4.78, 5) is 18.3. The number of aromatic nitrogens is 1. The Bertz CT molecular complexity index is 1450. The minimum atomic E-state index is -0.780. The summed E-state index contributed by atoms with van der Waals surface area (Å²) in [5.74, 6) is -0.0302. The molecule has 216 valence electrons. The second-order valence-corrected chi connectivity index (χ2v) is 12.1. The van der Waals surface area contributed by atoms with E-state index in [4.69, 9.17) is 21.1 Å². The number of aryl methyl sites for hydroxylation is 1. The fourth-order valence-electron chi connectivity index (χ4n) is 6.59. The molecule has 3 heterocycles. The van der Waals surface area contributed by atoms with E-state index in [1.165, 1.54) is 0 Å². The van der Waals surface area contributed by atoms with Crippen LogP contribution in [-0.2, 0) is 17.8 Å². The van der Waals surface area contributed by atoms with Crippen molar-refractivity contribution < 1.29 is 23.8 Å². The van der Waals surface area contributed by atoms with Crippen LogP contribution in [0.1, 0.15) is 73.3 Å². The Morgan fingerprint density at radius 1 is 1.17 bits per heavy atom. The summed E-state index contributed by atoms with van der Waals surface area (Å²) in [7, 11) is 1.55. The summed E-state index contributed by atoms with van der Waals surface area (Å²) >= 11 is 6.57. The number of hydrogen-bond donors (Lipinski definition) is 1. The molecule has 1 aliphatic carbocycles. The zero-order chi connectivity index (χ0) is 28.7. The van der Waals surface area contributed by atoms with Gasteiger partial charge in [-0.15, -0.1) is 0 Å². The molecule has 1 saturated heterocycles. The van der Waals surface area contributed by atoms with Crippen molar-refractivity contribution in [2.45, 2.75) is 64.0 Å². The summed E-state index contributed by atoms with van der Waals surface area (Å²) in [6, 6.07) is 11.6. The van der Waals surface area contributed by atoms with E-state index in [1.54, 1.807) is 26.3 Å². The van der Waals surface area contributed by atoms with Crippen molar-refractivity contribution in [2.24, 2.45) is 11.8 Å². The van der Waals surface area contributed by atoms with E-state index >= 15 is 4.39 Å². The topological polar surface area (TPSA) is 71.9 Å². The number of pyridine rings is 1. The van der Waals surface area contributed by atoms with Gasteiger partial charge in [0, 0.05) is 29.3 Å². The summed E-state index contributed by atoms with van der Waals surface area (Å²) in [5, 5.41) is 10.2. The first-order chi connectivity index (χ1) is 19.8. The molecule has 0 bridgehead atoms. The maximum Gasteiger partial charge on any atom is 0.306 e. The number of carboxylic acids is 1. The molecule has 0 spiro atoms. The molecule has 2 unspecified atom stereocenters. The molecule has 1 N–H and O–H groups in total. The van der Waals surface area contributed by atoms with Crippen molar-refractivity contribution in [2.75, 3.05) is 20.2 Å². The molecule has 41 heavy (non-hydrogen) atoms. The lowest BCUT2D eigenvalue weighted by molar-refractivity contribution is -0.142.